The molecule has 1 aliphatic rings. The van der Waals surface area contributed by atoms with Crippen LogP contribution in [0.3, 0.4) is 0 Å². The van der Waals surface area contributed by atoms with Crippen molar-refractivity contribution in [2.75, 3.05) is 16.8 Å². The van der Waals surface area contributed by atoms with Crippen LogP contribution in [-0.4, -0.2) is 35.2 Å². The third-order valence-corrected chi connectivity index (χ3v) is 5.97. The van der Waals surface area contributed by atoms with E-state index in [4.69, 9.17) is 0 Å². The maximum atomic E-state index is 12.0. The maximum Gasteiger partial charge on any atom is 0.226 e. The molecule has 0 bridgehead atoms. The average Bonchev–Trinajstić information content (AvgIpc) is 3.06. The summed E-state index contributed by atoms with van der Waals surface area (Å²) in [6.07, 6.45) is 0.765. The molecule has 0 aliphatic carbocycles. The summed E-state index contributed by atoms with van der Waals surface area (Å²) in [5.41, 5.74) is 0.890. The molecular weight excluding hydrogens is 322 g/mol. The zero-order chi connectivity index (χ0) is 15.6. The van der Waals surface area contributed by atoms with Gasteiger partial charge in [0.05, 0.1) is 11.5 Å². The van der Waals surface area contributed by atoms with Gasteiger partial charge in [-0.25, -0.2) is 8.42 Å². The van der Waals surface area contributed by atoms with Crippen molar-refractivity contribution in [2.45, 2.75) is 12.8 Å². The van der Waals surface area contributed by atoms with Gasteiger partial charge in [0.15, 0.2) is 15.7 Å². The van der Waals surface area contributed by atoms with Crippen LogP contribution in [0.15, 0.2) is 30.3 Å². The molecule has 2 aromatic rings. The number of sulfone groups is 1. The number of nitrogens with zero attached hydrogens (tertiary/aromatic N) is 2. The number of nitrogens with one attached hydrogen (secondary N) is 1. The monoisotopic (exact) mass is 337 g/mol. The van der Waals surface area contributed by atoms with Crippen molar-refractivity contribution in [3.8, 4) is 11.4 Å². The number of carbonyl (C=O) groups excluding carboxylic acids is 1. The fourth-order valence-electron chi connectivity index (χ4n) is 2.44. The number of hydrogen-bond acceptors (Lipinski definition) is 6. The predicted octanol–water partition coefficient (Wildman–Crippen LogP) is 1.97. The standard InChI is InChI=1S/C14H15N3O3S2/c18-12(8-10-6-7-22(19,20)9-10)15-14-16-13(17-21-14)11-4-2-1-3-5-11/h1-5,10H,6-9H2,(H,15,16,17,18)/t10-/m1/s1. The molecule has 2 heterocycles. The van der Waals surface area contributed by atoms with E-state index in [-0.39, 0.29) is 29.8 Å². The molecule has 1 saturated heterocycles. The minimum Gasteiger partial charge on any atom is -0.301 e. The van der Waals surface area contributed by atoms with Crippen molar-refractivity contribution < 1.29 is 13.2 Å². The third-order valence-electron chi connectivity index (χ3n) is 3.51. The van der Waals surface area contributed by atoms with Crippen LogP contribution in [0.1, 0.15) is 12.8 Å². The topological polar surface area (TPSA) is 89.0 Å². The van der Waals surface area contributed by atoms with E-state index in [9.17, 15) is 13.2 Å². The number of rotatable bonds is 4. The zero-order valence-corrected chi connectivity index (χ0v) is 13.4. The molecule has 1 aliphatic heterocycles. The molecule has 3 rings (SSSR count). The van der Waals surface area contributed by atoms with Crippen molar-refractivity contribution in [3.05, 3.63) is 30.3 Å². The number of benzene rings is 1. The van der Waals surface area contributed by atoms with Crippen molar-refractivity contribution >= 4 is 32.4 Å². The fourth-order valence-corrected chi connectivity index (χ4v) is 4.91. The van der Waals surface area contributed by atoms with Gasteiger partial charge in [0.25, 0.3) is 0 Å². The average molecular weight is 337 g/mol. The molecule has 0 spiro atoms. The molecule has 1 atom stereocenters. The van der Waals surface area contributed by atoms with Crippen LogP contribution in [0.2, 0.25) is 0 Å². The van der Waals surface area contributed by atoms with Gasteiger partial charge in [-0.3, -0.25) is 4.79 Å². The van der Waals surface area contributed by atoms with E-state index in [1.54, 1.807) is 0 Å². The highest BCUT2D eigenvalue weighted by atomic mass is 32.2. The molecule has 1 fully saturated rings. The molecule has 116 valence electrons. The highest BCUT2D eigenvalue weighted by Gasteiger charge is 2.29. The summed E-state index contributed by atoms with van der Waals surface area (Å²) >= 11 is 1.12. The Kier molecular flexibility index (Phi) is 4.21. The van der Waals surface area contributed by atoms with Crippen LogP contribution >= 0.6 is 11.5 Å². The summed E-state index contributed by atoms with van der Waals surface area (Å²) in [6, 6.07) is 9.51. The normalized spacial score (nSPS) is 19.9. The van der Waals surface area contributed by atoms with Crippen LogP contribution in [0.25, 0.3) is 11.4 Å². The Labute approximate surface area is 132 Å². The lowest BCUT2D eigenvalue weighted by atomic mass is 10.1. The summed E-state index contributed by atoms with van der Waals surface area (Å²) in [5, 5.41) is 3.13. The number of anilines is 1. The van der Waals surface area contributed by atoms with Crippen molar-refractivity contribution in [2.24, 2.45) is 5.92 Å². The molecule has 6 nitrogen and oxygen atoms in total. The number of aromatic nitrogens is 2. The van der Waals surface area contributed by atoms with Gasteiger partial charge in [0, 0.05) is 23.5 Å². The molecule has 0 saturated carbocycles. The second-order valence-electron chi connectivity index (χ2n) is 5.31. The van der Waals surface area contributed by atoms with Crippen LogP contribution in [-0.2, 0) is 14.6 Å². The number of hydrogen-bond donors (Lipinski definition) is 1. The SMILES string of the molecule is O=C(C[C@H]1CCS(=O)(=O)C1)Nc1nc(-c2ccccc2)ns1. The predicted molar refractivity (Wildman–Crippen MR) is 85.4 cm³/mol. The van der Waals surface area contributed by atoms with Gasteiger partial charge in [0.1, 0.15) is 0 Å². The Morgan fingerprint density at radius 1 is 1.32 bits per heavy atom. The molecule has 1 amide bonds. The summed E-state index contributed by atoms with van der Waals surface area (Å²) in [7, 11) is -2.95. The van der Waals surface area contributed by atoms with Gasteiger partial charge < -0.3 is 5.32 Å². The van der Waals surface area contributed by atoms with Crippen LogP contribution in [0.5, 0.6) is 0 Å². The lowest BCUT2D eigenvalue weighted by Gasteiger charge is -2.06. The smallest absolute Gasteiger partial charge is 0.226 e. The van der Waals surface area contributed by atoms with Crippen LogP contribution in [0, 0.1) is 5.92 Å². The van der Waals surface area contributed by atoms with Gasteiger partial charge in [-0.2, -0.15) is 9.36 Å². The first kappa shape index (κ1) is 15.1. The van der Waals surface area contributed by atoms with Gasteiger partial charge in [-0.15, -0.1) is 0 Å². The highest BCUT2D eigenvalue weighted by molar-refractivity contribution is 7.91. The molecule has 8 heteroatoms. The van der Waals surface area contributed by atoms with Crippen molar-refractivity contribution in [3.63, 3.8) is 0 Å². The maximum absolute atomic E-state index is 12.0. The van der Waals surface area contributed by atoms with E-state index in [1.807, 2.05) is 30.3 Å². The van der Waals surface area contributed by atoms with Gasteiger partial charge in [0.2, 0.25) is 11.0 Å². The van der Waals surface area contributed by atoms with E-state index in [2.05, 4.69) is 14.7 Å². The second kappa shape index (κ2) is 6.13. The van der Waals surface area contributed by atoms with E-state index in [1.165, 1.54) is 0 Å². The number of carbonyl (C=O) groups is 1. The Balaban J connectivity index is 1.60. The first-order valence-corrected chi connectivity index (χ1v) is 9.51. The van der Waals surface area contributed by atoms with Crippen molar-refractivity contribution in [1.82, 2.24) is 9.36 Å². The highest BCUT2D eigenvalue weighted by Crippen LogP contribution is 2.24. The molecule has 1 N–H and O–H groups in total. The minimum absolute atomic E-state index is 0.0912. The first-order chi connectivity index (χ1) is 10.5. The van der Waals surface area contributed by atoms with Crippen LogP contribution < -0.4 is 5.32 Å². The van der Waals surface area contributed by atoms with E-state index < -0.39 is 9.84 Å². The lowest BCUT2D eigenvalue weighted by Crippen LogP contribution is -2.17. The van der Waals surface area contributed by atoms with Gasteiger partial charge in [-0.1, -0.05) is 30.3 Å². The Morgan fingerprint density at radius 2 is 2.09 bits per heavy atom. The Morgan fingerprint density at radius 3 is 2.77 bits per heavy atom. The second-order valence-corrected chi connectivity index (χ2v) is 8.29. The zero-order valence-electron chi connectivity index (χ0n) is 11.7. The minimum atomic E-state index is -2.95. The molecule has 0 radical (unpaired) electrons. The van der Waals surface area contributed by atoms with Crippen molar-refractivity contribution in [1.29, 1.82) is 0 Å². The molecule has 1 aromatic carbocycles. The molecule has 0 unspecified atom stereocenters. The number of amides is 1. The quantitative estimate of drug-likeness (QED) is 0.921. The van der Waals surface area contributed by atoms with Crippen LogP contribution in [0.4, 0.5) is 5.13 Å². The largest absolute Gasteiger partial charge is 0.301 e. The van der Waals surface area contributed by atoms with Gasteiger partial charge >= 0.3 is 0 Å². The van der Waals surface area contributed by atoms with Gasteiger partial charge in [-0.05, 0) is 12.3 Å². The summed E-state index contributed by atoms with van der Waals surface area (Å²) in [4.78, 5) is 16.2. The lowest BCUT2D eigenvalue weighted by molar-refractivity contribution is -0.116. The summed E-state index contributed by atoms with van der Waals surface area (Å²) < 4.78 is 27.0. The van der Waals surface area contributed by atoms with E-state index >= 15 is 0 Å². The molecular formula is C14H15N3O3S2. The summed E-state index contributed by atoms with van der Waals surface area (Å²) in [6.45, 7) is 0. The summed E-state index contributed by atoms with van der Waals surface area (Å²) in [5.74, 6) is 0.557. The molecule has 22 heavy (non-hydrogen) atoms. The molecule has 1 aromatic heterocycles. The van der Waals surface area contributed by atoms with E-state index in [0.717, 1.165) is 17.1 Å². The Hall–Kier alpha value is -1.80. The third kappa shape index (κ3) is 3.69. The fraction of sp³-hybridized carbons (Fsp3) is 0.357. The Bertz CT molecular complexity index is 772. The van der Waals surface area contributed by atoms with E-state index in [0.29, 0.717) is 17.4 Å². The first-order valence-electron chi connectivity index (χ1n) is 6.91.